The summed E-state index contributed by atoms with van der Waals surface area (Å²) in [5.74, 6) is 0. The van der Waals surface area contributed by atoms with Gasteiger partial charge in [0.05, 0.1) is 0 Å². The van der Waals surface area contributed by atoms with Crippen molar-refractivity contribution in [2.75, 3.05) is 14.2 Å². The fourth-order valence-electron chi connectivity index (χ4n) is 2.22. The molecule has 0 amide bonds. The monoisotopic (exact) mass is 278 g/mol. The van der Waals surface area contributed by atoms with E-state index < -0.39 is 7.94 Å². The van der Waals surface area contributed by atoms with E-state index >= 15 is 0 Å². The molecular formula is C15H19O3P. The molecule has 2 aromatic carbocycles. The molecule has 19 heavy (non-hydrogen) atoms. The van der Waals surface area contributed by atoms with Crippen molar-refractivity contribution in [2.45, 2.75) is 5.66 Å². The molecule has 0 saturated heterocycles. The molecule has 0 fully saturated rings. The van der Waals surface area contributed by atoms with Gasteiger partial charge in [0, 0.05) is 0 Å². The first kappa shape index (κ1) is 14.2. The molecule has 0 radical (unpaired) electrons. The average Bonchev–Trinajstić information content (AvgIpc) is 2.49. The third-order valence-corrected chi connectivity index (χ3v) is 5.78. The van der Waals surface area contributed by atoms with Crippen LogP contribution in [0.4, 0.5) is 0 Å². The second kappa shape index (κ2) is 6.27. The number of benzene rings is 2. The van der Waals surface area contributed by atoms with E-state index in [9.17, 15) is 4.89 Å². The van der Waals surface area contributed by atoms with Gasteiger partial charge in [0.25, 0.3) is 0 Å². The first-order valence-corrected chi connectivity index (χ1v) is 7.98. The van der Waals surface area contributed by atoms with Gasteiger partial charge in [0.2, 0.25) is 0 Å². The molecule has 0 aromatic heterocycles. The molecule has 2 rings (SSSR count). The van der Waals surface area contributed by atoms with Crippen LogP contribution < -0.4 is 0 Å². The minimum atomic E-state index is -3.31. The molecule has 4 heteroatoms. The van der Waals surface area contributed by atoms with E-state index in [4.69, 9.17) is 9.05 Å². The van der Waals surface area contributed by atoms with Crippen LogP contribution in [-0.2, 0) is 9.05 Å². The van der Waals surface area contributed by atoms with Gasteiger partial charge in [-0.05, 0) is 0 Å². The number of hydrogen-bond donors (Lipinski definition) is 1. The van der Waals surface area contributed by atoms with Crippen molar-refractivity contribution in [3.05, 3.63) is 71.8 Å². The van der Waals surface area contributed by atoms with Crippen LogP contribution in [0.3, 0.4) is 0 Å². The fraction of sp³-hybridized carbons (Fsp3) is 0.200. The number of rotatable bonds is 5. The van der Waals surface area contributed by atoms with Crippen LogP contribution in [0.25, 0.3) is 0 Å². The first-order chi connectivity index (χ1) is 9.21. The van der Waals surface area contributed by atoms with Gasteiger partial charge < -0.3 is 0 Å². The van der Waals surface area contributed by atoms with Crippen molar-refractivity contribution in [2.24, 2.45) is 0 Å². The van der Waals surface area contributed by atoms with Gasteiger partial charge in [0.15, 0.2) is 0 Å². The van der Waals surface area contributed by atoms with Crippen LogP contribution in [0.2, 0.25) is 0 Å². The first-order valence-electron chi connectivity index (χ1n) is 6.14. The third-order valence-electron chi connectivity index (χ3n) is 3.22. The summed E-state index contributed by atoms with van der Waals surface area (Å²) in [6, 6.07) is 19.6. The van der Waals surface area contributed by atoms with Crippen molar-refractivity contribution in [1.29, 1.82) is 0 Å². The summed E-state index contributed by atoms with van der Waals surface area (Å²) < 4.78 is 10.7. The number of hydrogen-bond acceptors (Lipinski definition) is 3. The van der Waals surface area contributed by atoms with E-state index in [1.165, 1.54) is 14.2 Å². The van der Waals surface area contributed by atoms with Gasteiger partial charge in [-0.3, -0.25) is 0 Å². The zero-order valence-electron chi connectivity index (χ0n) is 11.1. The summed E-state index contributed by atoms with van der Waals surface area (Å²) >= 11 is 0. The predicted octanol–water partition coefficient (Wildman–Crippen LogP) is 3.56. The van der Waals surface area contributed by atoms with Crippen LogP contribution in [0.15, 0.2) is 60.7 Å². The Balaban J connectivity index is 2.52. The van der Waals surface area contributed by atoms with Crippen molar-refractivity contribution in [3.8, 4) is 0 Å². The van der Waals surface area contributed by atoms with E-state index in [-0.39, 0.29) is 5.66 Å². The maximum absolute atomic E-state index is 10.7. The average molecular weight is 278 g/mol. The van der Waals surface area contributed by atoms with Crippen LogP contribution in [-0.4, -0.2) is 19.1 Å². The van der Waals surface area contributed by atoms with Gasteiger partial charge >= 0.3 is 114 Å². The summed E-state index contributed by atoms with van der Waals surface area (Å²) in [5.41, 5.74) is 1.71. The standard InChI is InChI=1S/C15H19O3P/c1-17-19(16,18-2)15(13-9-5-3-6-10-13)14-11-7-4-8-12-14/h3-12,15-16,19H,1-2H3. The molecule has 0 atom stereocenters. The van der Waals surface area contributed by atoms with E-state index in [0.717, 1.165) is 11.1 Å². The normalized spacial score (nSPS) is 12.6. The zero-order valence-corrected chi connectivity index (χ0v) is 12.1. The Morgan fingerprint density at radius 2 is 1.16 bits per heavy atom. The Morgan fingerprint density at radius 3 is 1.47 bits per heavy atom. The van der Waals surface area contributed by atoms with E-state index in [0.29, 0.717) is 0 Å². The molecule has 2 aromatic rings. The summed E-state index contributed by atoms with van der Waals surface area (Å²) in [5, 5.41) is 0. The van der Waals surface area contributed by atoms with Crippen LogP contribution in [0.5, 0.6) is 0 Å². The molecular weight excluding hydrogens is 259 g/mol. The van der Waals surface area contributed by atoms with E-state index in [1.54, 1.807) is 0 Å². The Hall–Kier alpha value is -1.25. The molecule has 0 spiro atoms. The summed E-state index contributed by atoms with van der Waals surface area (Å²) in [6.07, 6.45) is 0. The van der Waals surface area contributed by atoms with Gasteiger partial charge in [-0.2, -0.15) is 0 Å². The molecule has 0 aliphatic heterocycles. The van der Waals surface area contributed by atoms with Crippen LogP contribution >= 0.6 is 7.94 Å². The quantitative estimate of drug-likeness (QED) is 0.850. The second-order valence-corrected chi connectivity index (χ2v) is 6.95. The molecule has 0 heterocycles. The van der Waals surface area contributed by atoms with Crippen molar-refractivity contribution < 1.29 is 13.9 Å². The van der Waals surface area contributed by atoms with Gasteiger partial charge in [0.1, 0.15) is 0 Å². The molecule has 0 saturated carbocycles. The summed E-state index contributed by atoms with van der Waals surface area (Å²) in [4.78, 5) is 10.7. The van der Waals surface area contributed by atoms with Crippen LogP contribution in [0, 0.1) is 0 Å². The SMILES string of the molecule is CO[PH](O)(OC)C(c1ccccc1)c1ccccc1. The third kappa shape index (κ3) is 3.02. The summed E-state index contributed by atoms with van der Waals surface area (Å²) in [7, 11) is -0.319. The van der Waals surface area contributed by atoms with Crippen molar-refractivity contribution in [3.63, 3.8) is 0 Å². The molecule has 0 bridgehead atoms. The Kier molecular flexibility index (Phi) is 4.67. The van der Waals surface area contributed by atoms with Crippen molar-refractivity contribution >= 4 is 7.94 Å². The molecule has 0 aliphatic carbocycles. The molecule has 1 N–H and O–H groups in total. The van der Waals surface area contributed by atoms with Crippen LogP contribution in [0.1, 0.15) is 16.8 Å². The molecule has 0 unspecified atom stereocenters. The van der Waals surface area contributed by atoms with Gasteiger partial charge in [-0.1, -0.05) is 0 Å². The topological polar surface area (TPSA) is 38.7 Å². The zero-order chi connectivity index (χ0) is 13.7. The Labute approximate surface area is 114 Å². The van der Waals surface area contributed by atoms with Gasteiger partial charge in [-0.15, -0.1) is 0 Å². The molecule has 0 aliphatic rings. The summed E-state index contributed by atoms with van der Waals surface area (Å²) in [6.45, 7) is 0. The predicted molar refractivity (Wildman–Crippen MR) is 79.3 cm³/mol. The Bertz CT molecular complexity index is 458. The minimum absolute atomic E-state index is 0.273. The molecule has 102 valence electrons. The fourth-order valence-corrected chi connectivity index (χ4v) is 4.09. The molecule has 3 nitrogen and oxygen atoms in total. The van der Waals surface area contributed by atoms with E-state index in [1.807, 2.05) is 60.7 Å². The van der Waals surface area contributed by atoms with Crippen molar-refractivity contribution in [1.82, 2.24) is 0 Å². The Morgan fingerprint density at radius 1 is 0.789 bits per heavy atom. The van der Waals surface area contributed by atoms with E-state index in [2.05, 4.69) is 0 Å². The maximum atomic E-state index is 10.7. The second-order valence-electron chi connectivity index (χ2n) is 4.29. The van der Waals surface area contributed by atoms with Gasteiger partial charge in [-0.25, -0.2) is 0 Å².